The van der Waals surface area contributed by atoms with Gasteiger partial charge < -0.3 is 9.53 Å². The molecule has 3 aliphatic rings. The Morgan fingerprint density at radius 3 is 2.22 bits per heavy atom. The molecule has 1 saturated heterocycles. The quantitative estimate of drug-likeness (QED) is 0.191. The molecule has 198 valence electrons. The van der Waals surface area contributed by atoms with Crippen molar-refractivity contribution in [1.82, 2.24) is 0 Å². The van der Waals surface area contributed by atoms with Crippen LogP contribution in [0.1, 0.15) is 102 Å². The number of aldehydes is 1. The summed E-state index contributed by atoms with van der Waals surface area (Å²) in [7, 11) is 0. The summed E-state index contributed by atoms with van der Waals surface area (Å²) in [5.74, 6) is 0.852. The molecule has 0 radical (unpaired) electrons. The first kappa shape index (κ1) is 32.3. The van der Waals surface area contributed by atoms with Gasteiger partial charge in [0.2, 0.25) is 0 Å². The van der Waals surface area contributed by atoms with Crippen molar-refractivity contribution in [2.75, 3.05) is 13.2 Å². The van der Waals surface area contributed by atoms with Gasteiger partial charge in [-0.2, -0.15) is 0 Å². The summed E-state index contributed by atoms with van der Waals surface area (Å²) in [6.45, 7) is 24.4. The van der Waals surface area contributed by atoms with E-state index < -0.39 is 0 Å². The van der Waals surface area contributed by atoms with E-state index in [2.05, 4.69) is 86.5 Å². The Balaban J connectivity index is 0.000000620. The zero-order valence-corrected chi connectivity index (χ0v) is 25.8. The van der Waals surface area contributed by atoms with Crippen LogP contribution in [-0.2, 0) is 9.53 Å². The van der Waals surface area contributed by atoms with Gasteiger partial charge in [0.25, 0.3) is 0 Å². The van der Waals surface area contributed by atoms with Crippen molar-refractivity contribution in [3.05, 3.63) is 85.7 Å². The molecular weight excluding hydrogens is 555 g/mol. The van der Waals surface area contributed by atoms with Crippen LogP contribution in [0.15, 0.2) is 65.5 Å². The van der Waals surface area contributed by atoms with E-state index in [9.17, 15) is 4.79 Å². The molecule has 2 aliphatic carbocycles. The van der Waals surface area contributed by atoms with Crippen molar-refractivity contribution >= 4 is 28.9 Å². The summed E-state index contributed by atoms with van der Waals surface area (Å²) in [5.41, 5.74) is 11.3. The maximum absolute atomic E-state index is 12.0. The molecule has 2 unspecified atom stereocenters. The topological polar surface area (TPSA) is 26.3 Å². The number of allylic oxidation sites excluding steroid dienone is 6. The van der Waals surface area contributed by atoms with Gasteiger partial charge in [-0.25, -0.2) is 0 Å². The first-order valence-electron chi connectivity index (χ1n) is 13.7. The van der Waals surface area contributed by atoms with Gasteiger partial charge in [0.05, 0.1) is 5.92 Å². The van der Waals surface area contributed by atoms with Crippen molar-refractivity contribution in [3.8, 4) is 0 Å². The summed E-state index contributed by atoms with van der Waals surface area (Å²) in [6, 6.07) is 4.50. The average Bonchev–Trinajstić information content (AvgIpc) is 3.46. The zero-order valence-electron chi connectivity index (χ0n) is 23.7. The summed E-state index contributed by atoms with van der Waals surface area (Å²) >= 11 is 2.40. The van der Waals surface area contributed by atoms with Crippen molar-refractivity contribution in [1.29, 1.82) is 0 Å². The van der Waals surface area contributed by atoms with Gasteiger partial charge in [-0.05, 0) is 114 Å². The molecule has 0 spiro atoms. The second-order valence-electron chi connectivity index (χ2n) is 9.21. The van der Waals surface area contributed by atoms with Crippen molar-refractivity contribution in [2.24, 2.45) is 5.92 Å². The molecule has 0 bridgehead atoms. The highest BCUT2D eigenvalue weighted by atomic mass is 127. The van der Waals surface area contributed by atoms with Crippen LogP contribution in [-0.4, -0.2) is 19.5 Å². The summed E-state index contributed by atoms with van der Waals surface area (Å²) in [6.07, 6.45) is 11.3. The molecule has 1 heterocycles. The Hall–Kier alpha value is -1.68. The Morgan fingerprint density at radius 1 is 1.17 bits per heavy atom. The number of carbonyl (C=O) groups excluding carboxylic acids is 1. The SMILES string of the molecule is C1CCOC1.C=C=C1C(=C)/C(=C\C=C(/C)C(C=O)c2cc(C)c(I)cc2C2CC2)CC1C.CC.CC. The number of hydrogen-bond donors (Lipinski definition) is 0. The van der Waals surface area contributed by atoms with E-state index in [0.29, 0.717) is 11.8 Å². The molecule has 0 aromatic heterocycles. The van der Waals surface area contributed by atoms with Crippen LogP contribution in [0.25, 0.3) is 0 Å². The minimum Gasteiger partial charge on any atom is -0.381 e. The van der Waals surface area contributed by atoms with E-state index in [4.69, 9.17) is 4.74 Å². The largest absolute Gasteiger partial charge is 0.381 e. The van der Waals surface area contributed by atoms with Crippen LogP contribution in [0.3, 0.4) is 0 Å². The van der Waals surface area contributed by atoms with E-state index in [0.717, 1.165) is 42.6 Å². The molecule has 2 atom stereocenters. The van der Waals surface area contributed by atoms with Gasteiger partial charge in [0, 0.05) is 22.4 Å². The first-order chi connectivity index (χ1) is 17.4. The lowest BCUT2D eigenvalue weighted by atomic mass is 9.86. The van der Waals surface area contributed by atoms with Crippen molar-refractivity contribution < 1.29 is 9.53 Å². The summed E-state index contributed by atoms with van der Waals surface area (Å²) in [5, 5.41) is 0. The molecule has 36 heavy (non-hydrogen) atoms. The maximum Gasteiger partial charge on any atom is 0.131 e. The Morgan fingerprint density at radius 2 is 1.78 bits per heavy atom. The molecule has 4 rings (SSSR count). The van der Waals surface area contributed by atoms with Crippen LogP contribution in [0.2, 0.25) is 0 Å². The normalized spacial score (nSPS) is 20.8. The number of ether oxygens (including phenoxy) is 1. The van der Waals surface area contributed by atoms with E-state index in [-0.39, 0.29) is 5.92 Å². The van der Waals surface area contributed by atoms with Gasteiger partial charge in [0.1, 0.15) is 6.29 Å². The predicted molar refractivity (Wildman–Crippen MR) is 165 cm³/mol. The maximum atomic E-state index is 12.0. The molecule has 0 N–H and O–H groups in total. The number of carbonyl (C=O) groups is 1. The molecule has 1 aromatic rings. The number of rotatable bonds is 5. The van der Waals surface area contributed by atoms with Gasteiger partial charge in [-0.3, -0.25) is 0 Å². The van der Waals surface area contributed by atoms with E-state index in [1.165, 1.54) is 51.5 Å². The third-order valence-corrected chi connectivity index (χ3v) is 7.80. The Kier molecular flexibility index (Phi) is 15.2. The number of aryl methyl sites for hydroxylation is 1. The van der Waals surface area contributed by atoms with Crippen molar-refractivity contribution in [3.63, 3.8) is 0 Å². The minimum atomic E-state index is -0.186. The Bertz CT molecular complexity index is 976. The lowest BCUT2D eigenvalue weighted by Gasteiger charge is -2.18. The van der Waals surface area contributed by atoms with Gasteiger partial charge in [0.15, 0.2) is 0 Å². The zero-order chi connectivity index (χ0) is 27.3. The second-order valence-corrected chi connectivity index (χ2v) is 10.4. The molecule has 0 amide bonds. The van der Waals surface area contributed by atoms with E-state index >= 15 is 0 Å². The molecule has 1 aromatic carbocycles. The van der Waals surface area contributed by atoms with Crippen LogP contribution in [0.4, 0.5) is 0 Å². The van der Waals surface area contributed by atoms with Gasteiger partial charge in [-0.15, -0.1) is 5.73 Å². The highest BCUT2D eigenvalue weighted by Gasteiger charge is 2.30. The highest BCUT2D eigenvalue weighted by Crippen LogP contribution is 2.45. The van der Waals surface area contributed by atoms with Crippen LogP contribution in [0, 0.1) is 16.4 Å². The number of benzene rings is 1. The van der Waals surface area contributed by atoms with E-state index in [1.807, 2.05) is 27.7 Å². The second kappa shape index (κ2) is 16.9. The average molecular weight is 603 g/mol. The molecule has 3 fully saturated rings. The third-order valence-electron chi connectivity index (χ3n) is 6.64. The highest BCUT2D eigenvalue weighted by molar-refractivity contribution is 14.1. The van der Waals surface area contributed by atoms with Crippen molar-refractivity contribution in [2.45, 2.75) is 92.4 Å². The third kappa shape index (κ3) is 9.01. The fourth-order valence-electron chi connectivity index (χ4n) is 4.48. The molecule has 1 aliphatic heterocycles. The lowest BCUT2D eigenvalue weighted by molar-refractivity contribution is -0.108. The Labute approximate surface area is 234 Å². The van der Waals surface area contributed by atoms with Gasteiger partial charge in [-0.1, -0.05) is 71.6 Å². The summed E-state index contributed by atoms with van der Waals surface area (Å²) < 4.78 is 6.23. The fourth-order valence-corrected chi connectivity index (χ4v) is 4.97. The predicted octanol–water partition coefficient (Wildman–Crippen LogP) is 9.79. The number of halogens is 1. The standard InChI is InChI=1S/C25H27IO.C4H8O.2C2H6/c1-6-21-16(3)11-20(18(21)5)8-7-15(2)24(14-27)23-12-17(4)25(26)13-22(23)19-9-10-19;1-2-4-5-3-1;2*1-2/h7-8,12-14,16,19,24H,1,5,9-11H2,2-4H3;1-4H2;2*1-2H3/b15-7+,20-8-;;;. The van der Waals surface area contributed by atoms with E-state index in [1.54, 1.807) is 0 Å². The van der Waals surface area contributed by atoms with Crippen LogP contribution < -0.4 is 0 Å². The van der Waals surface area contributed by atoms with Crippen LogP contribution >= 0.6 is 22.6 Å². The van der Waals surface area contributed by atoms with Gasteiger partial charge >= 0.3 is 0 Å². The molecule has 2 saturated carbocycles. The molecule has 3 heteroatoms. The van der Waals surface area contributed by atoms with Crippen LogP contribution in [0.5, 0.6) is 0 Å². The fraction of sp³-hybridized carbons (Fsp3) is 0.515. The summed E-state index contributed by atoms with van der Waals surface area (Å²) in [4.78, 5) is 12.0. The first-order valence-corrected chi connectivity index (χ1v) is 14.7. The lowest BCUT2D eigenvalue weighted by Crippen LogP contribution is -2.07. The molecule has 2 nitrogen and oxygen atoms in total. The smallest absolute Gasteiger partial charge is 0.131 e. The monoisotopic (exact) mass is 602 g/mol. The number of hydrogen-bond acceptors (Lipinski definition) is 2. The minimum absolute atomic E-state index is 0.186. The molecular formula is C33H47IO2.